The van der Waals surface area contributed by atoms with Gasteiger partial charge in [0.25, 0.3) is 0 Å². The lowest BCUT2D eigenvalue weighted by molar-refractivity contribution is -0.182. The van der Waals surface area contributed by atoms with Crippen LogP contribution in [-0.4, -0.2) is 42.0 Å². The highest BCUT2D eigenvalue weighted by Crippen LogP contribution is 2.58. The summed E-state index contributed by atoms with van der Waals surface area (Å²) in [6.45, 7) is -1.71. The molecule has 2 N–H and O–H groups in total. The summed E-state index contributed by atoms with van der Waals surface area (Å²) < 4.78 is 60.7. The molecule has 9 heteroatoms. The van der Waals surface area contributed by atoms with Crippen LogP contribution in [0.5, 0.6) is 0 Å². The number of halogens is 2. The van der Waals surface area contributed by atoms with Gasteiger partial charge in [0.15, 0.2) is 6.61 Å². The molecule has 5 atom stereocenters. The first kappa shape index (κ1) is 17.0. The van der Waals surface area contributed by atoms with E-state index in [4.69, 9.17) is 4.55 Å². The monoisotopic (exact) mass is 354 g/mol. The summed E-state index contributed by atoms with van der Waals surface area (Å²) in [6, 6.07) is 0. The second kappa shape index (κ2) is 5.35. The number of alkyl halides is 2. The molecule has 0 radical (unpaired) electrons. The summed E-state index contributed by atoms with van der Waals surface area (Å²) >= 11 is 0. The molecule has 3 aliphatic rings. The molecule has 0 aromatic rings. The summed E-state index contributed by atoms with van der Waals surface area (Å²) in [6.07, 6.45) is 3.21. The zero-order valence-corrected chi connectivity index (χ0v) is 13.3. The average Bonchev–Trinajstić information content (AvgIpc) is 2.42. The Morgan fingerprint density at radius 1 is 1.26 bits per heavy atom. The molecule has 3 bridgehead atoms. The zero-order valence-electron chi connectivity index (χ0n) is 12.5. The first-order valence-corrected chi connectivity index (χ1v) is 9.18. The standard InChI is InChI=1S/C14H20F2O6S/c15-14(16,23(19,20)21)7-22-12(18)13-4-8-1-2-10(11(17)6-13)9(3-8)5-13/h8-11,17H,1-7H2,(H,19,20,21). The SMILES string of the molecule is O=C(OCC(F)(F)S(=O)(=O)O)C12CC3CCC(C(O)C1)C(C3)C2. The maximum Gasteiger partial charge on any atom is 0.402 e. The van der Waals surface area contributed by atoms with Crippen molar-refractivity contribution >= 4 is 16.1 Å². The number of aliphatic hydroxyl groups excluding tert-OH is 1. The number of carbonyl (C=O) groups is 1. The van der Waals surface area contributed by atoms with Crippen LogP contribution in [0.25, 0.3) is 0 Å². The van der Waals surface area contributed by atoms with E-state index in [-0.39, 0.29) is 18.3 Å². The minimum Gasteiger partial charge on any atom is -0.458 e. The molecule has 23 heavy (non-hydrogen) atoms. The Hall–Kier alpha value is -0.800. The van der Waals surface area contributed by atoms with Crippen molar-refractivity contribution in [3.8, 4) is 0 Å². The molecule has 3 aliphatic carbocycles. The van der Waals surface area contributed by atoms with Crippen molar-refractivity contribution in [2.75, 3.05) is 6.61 Å². The highest BCUT2D eigenvalue weighted by Gasteiger charge is 2.57. The molecular formula is C14H20F2O6S. The van der Waals surface area contributed by atoms with Gasteiger partial charge < -0.3 is 9.84 Å². The molecule has 0 amide bonds. The third kappa shape index (κ3) is 2.87. The third-order valence-corrected chi connectivity index (χ3v) is 6.63. The summed E-state index contributed by atoms with van der Waals surface area (Å²) in [4.78, 5) is 12.4. The summed E-state index contributed by atoms with van der Waals surface area (Å²) in [5.74, 6) is -0.255. The van der Waals surface area contributed by atoms with Crippen LogP contribution < -0.4 is 0 Å². The van der Waals surface area contributed by atoms with E-state index in [2.05, 4.69) is 4.74 Å². The Morgan fingerprint density at radius 2 is 1.96 bits per heavy atom. The highest BCUT2D eigenvalue weighted by atomic mass is 32.2. The number of aliphatic hydroxyl groups is 1. The third-order valence-electron chi connectivity index (χ3n) is 5.76. The van der Waals surface area contributed by atoms with E-state index in [1.807, 2.05) is 0 Å². The van der Waals surface area contributed by atoms with Gasteiger partial charge in [0, 0.05) is 0 Å². The maximum atomic E-state index is 13.2. The Balaban J connectivity index is 1.74. The molecule has 3 fully saturated rings. The first-order valence-electron chi connectivity index (χ1n) is 7.74. The molecule has 6 nitrogen and oxygen atoms in total. The van der Waals surface area contributed by atoms with E-state index in [0.29, 0.717) is 18.8 Å². The van der Waals surface area contributed by atoms with Gasteiger partial charge in [-0.25, -0.2) is 0 Å². The zero-order chi connectivity index (χ0) is 17.0. The normalized spacial score (nSPS) is 40.0. The van der Waals surface area contributed by atoms with Gasteiger partial charge in [-0.3, -0.25) is 9.35 Å². The van der Waals surface area contributed by atoms with E-state index in [9.17, 15) is 27.1 Å². The van der Waals surface area contributed by atoms with Gasteiger partial charge >= 0.3 is 21.3 Å². The van der Waals surface area contributed by atoms with Gasteiger partial charge in [0.2, 0.25) is 0 Å². The quantitative estimate of drug-likeness (QED) is 0.587. The number of ether oxygens (including phenoxy) is 1. The molecule has 3 rings (SSSR count). The fourth-order valence-electron chi connectivity index (χ4n) is 4.79. The Labute approximate surface area is 132 Å². The minimum atomic E-state index is -5.63. The van der Waals surface area contributed by atoms with Crippen molar-refractivity contribution in [2.45, 2.75) is 49.9 Å². The lowest BCUT2D eigenvalue weighted by Crippen LogP contribution is -2.54. The van der Waals surface area contributed by atoms with Crippen LogP contribution in [0.15, 0.2) is 0 Å². The first-order chi connectivity index (χ1) is 10.5. The molecule has 0 saturated heterocycles. The molecule has 132 valence electrons. The number of hydrogen-bond donors (Lipinski definition) is 2. The number of carbonyl (C=O) groups excluding carboxylic acids is 1. The van der Waals surface area contributed by atoms with Crippen molar-refractivity contribution in [1.29, 1.82) is 0 Å². The van der Waals surface area contributed by atoms with Crippen LogP contribution in [0.3, 0.4) is 0 Å². The van der Waals surface area contributed by atoms with E-state index in [0.717, 1.165) is 19.3 Å². The number of hydrogen-bond acceptors (Lipinski definition) is 5. The average molecular weight is 354 g/mol. The largest absolute Gasteiger partial charge is 0.458 e. The summed E-state index contributed by atoms with van der Waals surface area (Å²) in [5.41, 5.74) is -1.01. The Bertz CT molecular complexity index is 597. The molecule has 0 spiro atoms. The van der Waals surface area contributed by atoms with Gasteiger partial charge in [0.1, 0.15) is 0 Å². The summed E-state index contributed by atoms with van der Waals surface area (Å²) in [7, 11) is -5.63. The molecular weight excluding hydrogens is 334 g/mol. The molecule has 0 aliphatic heterocycles. The van der Waals surface area contributed by atoms with Gasteiger partial charge in [-0.1, -0.05) is 6.42 Å². The predicted octanol–water partition coefficient (Wildman–Crippen LogP) is 1.59. The van der Waals surface area contributed by atoms with Crippen molar-refractivity contribution < 1.29 is 36.4 Å². The van der Waals surface area contributed by atoms with Crippen molar-refractivity contribution in [3.05, 3.63) is 0 Å². The van der Waals surface area contributed by atoms with Crippen LogP contribution >= 0.6 is 0 Å². The van der Waals surface area contributed by atoms with E-state index >= 15 is 0 Å². The van der Waals surface area contributed by atoms with Crippen molar-refractivity contribution in [3.63, 3.8) is 0 Å². The van der Waals surface area contributed by atoms with Crippen LogP contribution in [0, 0.1) is 23.2 Å². The Kier molecular flexibility index (Phi) is 3.97. The van der Waals surface area contributed by atoms with Gasteiger partial charge in [-0.2, -0.15) is 17.2 Å². The number of rotatable bonds is 4. The molecule has 5 unspecified atom stereocenters. The lowest BCUT2D eigenvalue weighted by Gasteiger charge is -2.55. The fraction of sp³-hybridized carbons (Fsp3) is 0.929. The Morgan fingerprint density at radius 3 is 2.61 bits per heavy atom. The maximum absolute atomic E-state index is 13.2. The van der Waals surface area contributed by atoms with Crippen LogP contribution in [0.1, 0.15) is 38.5 Å². The fourth-order valence-corrected chi connectivity index (χ4v) is 5.00. The highest BCUT2D eigenvalue weighted by molar-refractivity contribution is 7.86. The van der Waals surface area contributed by atoms with Crippen LogP contribution in [0.2, 0.25) is 0 Å². The topological polar surface area (TPSA) is 101 Å². The molecule has 0 aromatic heterocycles. The predicted molar refractivity (Wildman–Crippen MR) is 74.1 cm³/mol. The minimum absolute atomic E-state index is 0.145. The van der Waals surface area contributed by atoms with Crippen LogP contribution in [0.4, 0.5) is 8.78 Å². The van der Waals surface area contributed by atoms with Crippen molar-refractivity contribution in [2.24, 2.45) is 23.2 Å². The van der Waals surface area contributed by atoms with Gasteiger partial charge in [0.05, 0.1) is 11.5 Å². The number of esters is 1. The second-order valence-corrected chi connectivity index (χ2v) is 8.80. The molecule has 0 heterocycles. The molecule has 0 aromatic carbocycles. The molecule has 3 saturated carbocycles. The van der Waals surface area contributed by atoms with Gasteiger partial charge in [-0.05, 0) is 49.9 Å². The van der Waals surface area contributed by atoms with E-state index in [1.165, 1.54) is 0 Å². The van der Waals surface area contributed by atoms with Crippen molar-refractivity contribution in [1.82, 2.24) is 0 Å². The smallest absolute Gasteiger partial charge is 0.402 e. The lowest BCUT2D eigenvalue weighted by atomic mass is 9.50. The van der Waals surface area contributed by atoms with E-state index < -0.39 is 39.5 Å². The van der Waals surface area contributed by atoms with Crippen LogP contribution in [-0.2, 0) is 19.6 Å². The number of fused-ring (bicyclic) bond motifs is 2. The second-order valence-electron chi connectivity index (χ2n) is 7.25. The van der Waals surface area contributed by atoms with E-state index in [1.54, 1.807) is 0 Å². The summed E-state index contributed by atoms with van der Waals surface area (Å²) in [5, 5.41) is 5.75. The van der Waals surface area contributed by atoms with Gasteiger partial charge in [-0.15, -0.1) is 0 Å².